The number of anilines is 1. The van der Waals surface area contributed by atoms with Crippen LogP contribution in [0.2, 0.25) is 0 Å². The minimum Gasteiger partial charge on any atom is -0.369 e. The Morgan fingerprint density at radius 1 is 0.833 bits per heavy atom. The van der Waals surface area contributed by atoms with Crippen LogP contribution in [0.1, 0.15) is 33.2 Å². The van der Waals surface area contributed by atoms with Crippen molar-refractivity contribution in [3.8, 4) is 11.3 Å². The van der Waals surface area contributed by atoms with E-state index in [1.807, 2.05) is 19.9 Å². The van der Waals surface area contributed by atoms with Crippen molar-refractivity contribution < 1.29 is 0 Å². The van der Waals surface area contributed by atoms with Crippen molar-refractivity contribution in [1.82, 2.24) is 15.0 Å². The van der Waals surface area contributed by atoms with Gasteiger partial charge in [-0.05, 0) is 38.3 Å². The highest BCUT2D eigenvalue weighted by atomic mass is 32.1. The van der Waals surface area contributed by atoms with E-state index in [9.17, 15) is 0 Å². The quantitative estimate of drug-likeness (QED) is 0.417. The van der Waals surface area contributed by atoms with Crippen LogP contribution >= 0.6 is 11.3 Å². The first kappa shape index (κ1) is 20.2. The number of nitrogens with zero attached hydrogens (tertiary/aromatic N) is 3. The lowest BCUT2D eigenvalue weighted by Gasteiger charge is -2.14. The molecule has 0 spiro atoms. The maximum atomic E-state index is 4.69. The third-order valence-corrected chi connectivity index (χ3v) is 5.90. The zero-order valence-electron chi connectivity index (χ0n) is 17.6. The third kappa shape index (κ3) is 4.92. The molecule has 0 unspecified atom stereocenters. The Kier molecular flexibility index (Phi) is 6.19. The van der Waals surface area contributed by atoms with Crippen molar-refractivity contribution in [2.75, 3.05) is 11.9 Å². The summed E-state index contributed by atoms with van der Waals surface area (Å²) < 4.78 is 0. The minimum absolute atomic E-state index is 0.801. The zero-order valence-corrected chi connectivity index (χ0v) is 18.5. The van der Waals surface area contributed by atoms with Gasteiger partial charge in [-0.3, -0.25) is 0 Å². The predicted octanol–water partition coefficient (Wildman–Crippen LogP) is 5.77. The van der Waals surface area contributed by atoms with Gasteiger partial charge in [-0.15, -0.1) is 11.3 Å². The summed E-state index contributed by atoms with van der Waals surface area (Å²) in [5.41, 5.74) is 7.00. The fourth-order valence-corrected chi connectivity index (χ4v) is 4.18. The Balaban J connectivity index is 1.43. The molecule has 5 heteroatoms. The normalized spacial score (nSPS) is 10.9. The van der Waals surface area contributed by atoms with E-state index in [0.29, 0.717) is 0 Å². The number of hydrogen-bond acceptors (Lipinski definition) is 5. The molecule has 0 aliphatic rings. The van der Waals surface area contributed by atoms with E-state index in [1.54, 1.807) is 11.3 Å². The van der Waals surface area contributed by atoms with Crippen molar-refractivity contribution in [3.63, 3.8) is 0 Å². The molecule has 1 N–H and O–H groups in total. The fraction of sp³-hybridized carbons (Fsp3) is 0.240. The highest BCUT2D eigenvalue weighted by molar-refractivity contribution is 7.09. The van der Waals surface area contributed by atoms with Gasteiger partial charge in [-0.25, -0.2) is 15.0 Å². The molecule has 0 fully saturated rings. The second-order valence-electron chi connectivity index (χ2n) is 7.47. The van der Waals surface area contributed by atoms with Gasteiger partial charge in [-0.1, -0.05) is 54.6 Å². The molecule has 4 rings (SSSR count). The molecule has 0 saturated heterocycles. The Labute approximate surface area is 182 Å². The van der Waals surface area contributed by atoms with Crippen LogP contribution in [0.5, 0.6) is 0 Å². The molecule has 2 aromatic heterocycles. The van der Waals surface area contributed by atoms with Gasteiger partial charge >= 0.3 is 0 Å². The van der Waals surface area contributed by atoms with Gasteiger partial charge in [0.15, 0.2) is 0 Å². The summed E-state index contributed by atoms with van der Waals surface area (Å²) in [4.78, 5) is 13.8. The van der Waals surface area contributed by atoms with Gasteiger partial charge in [0.1, 0.15) is 11.6 Å². The second kappa shape index (κ2) is 9.18. The minimum atomic E-state index is 0.801. The molecule has 0 saturated carbocycles. The molecule has 30 heavy (non-hydrogen) atoms. The highest BCUT2D eigenvalue weighted by Crippen LogP contribution is 2.23. The van der Waals surface area contributed by atoms with Crippen LogP contribution in [-0.4, -0.2) is 21.5 Å². The predicted molar refractivity (Wildman–Crippen MR) is 125 cm³/mol. The van der Waals surface area contributed by atoms with Crippen LogP contribution in [0.25, 0.3) is 11.3 Å². The Hall–Kier alpha value is -3.05. The molecule has 4 nitrogen and oxygen atoms in total. The molecule has 2 aromatic carbocycles. The lowest BCUT2D eigenvalue weighted by atomic mass is 10.0. The van der Waals surface area contributed by atoms with Crippen LogP contribution in [0, 0.1) is 20.8 Å². The summed E-state index contributed by atoms with van der Waals surface area (Å²) in [6.07, 6.45) is 1.76. The van der Waals surface area contributed by atoms with E-state index in [4.69, 9.17) is 0 Å². The number of benzene rings is 2. The van der Waals surface area contributed by atoms with Gasteiger partial charge in [0.05, 0.1) is 10.7 Å². The number of thiazole rings is 1. The first-order valence-corrected chi connectivity index (χ1v) is 11.1. The molecular weight excluding hydrogens is 388 g/mol. The molecule has 2 heterocycles. The highest BCUT2D eigenvalue weighted by Gasteiger charge is 2.11. The first-order valence-electron chi connectivity index (χ1n) is 10.2. The molecule has 0 atom stereocenters. The largest absolute Gasteiger partial charge is 0.369 e. The average molecular weight is 415 g/mol. The topological polar surface area (TPSA) is 50.7 Å². The van der Waals surface area contributed by atoms with Crippen molar-refractivity contribution in [3.05, 3.63) is 93.2 Å². The molecule has 0 aliphatic heterocycles. The van der Waals surface area contributed by atoms with Gasteiger partial charge in [0, 0.05) is 35.2 Å². The maximum absolute atomic E-state index is 4.69. The van der Waals surface area contributed by atoms with Crippen molar-refractivity contribution in [2.45, 2.75) is 33.6 Å². The summed E-state index contributed by atoms with van der Waals surface area (Å²) in [5.74, 6) is 1.74. The third-order valence-electron chi connectivity index (χ3n) is 5.12. The molecule has 0 radical (unpaired) electrons. The standard InChI is InChI=1S/C25H26N4S/c1-17-23(15-21-7-5-4-6-8-21)25(28-18(2)27-17)26-14-13-20-9-11-22(12-10-20)24-16-30-19(3)29-24/h4-12,16H,13-15H2,1-3H3,(H,26,27,28). The molecule has 4 aromatic rings. The molecule has 0 amide bonds. The van der Waals surface area contributed by atoms with Crippen LogP contribution < -0.4 is 5.32 Å². The van der Waals surface area contributed by atoms with Crippen LogP contribution in [-0.2, 0) is 12.8 Å². The van der Waals surface area contributed by atoms with Gasteiger partial charge in [0.2, 0.25) is 0 Å². The molecular formula is C25H26N4S. The Bertz CT molecular complexity index is 1120. The van der Waals surface area contributed by atoms with E-state index >= 15 is 0 Å². The van der Waals surface area contributed by atoms with E-state index in [1.165, 1.54) is 22.3 Å². The van der Waals surface area contributed by atoms with Crippen LogP contribution in [0.4, 0.5) is 5.82 Å². The summed E-state index contributed by atoms with van der Waals surface area (Å²) in [7, 11) is 0. The lowest BCUT2D eigenvalue weighted by Crippen LogP contribution is -2.12. The Morgan fingerprint density at radius 3 is 2.30 bits per heavy atom. The lowest BCUT2D eigenvalue weighted by molar-refractivity contribution is 0.932. The van der Waals surface area contributed by atoms with E-state index < -0.39 is 0 Å². The SMILES string of the molecule is Cc1nc(C)c(Cc2ccccc2)c(NCCc2ccc(-c3csc(C)n3)cc2)n1. The van der Waals surface area contributed by atoms with E-state index in [0.717, 1.165) is 47.4 Å². The maximum Gasteiger partial charge on any atom is 0.133 e. The summed E-state index contributed by atoms with van der Waals surface area (Å²) in [5, 5.41) is 6.76. The number of rotatable bonds is 7. The summed E-state index contributed by atoms with van der Waals surface area (Å²) in [6.45, 7) is 6.88. The van der Waals surface area contributed by atoms with Crippen molar-refractivity contribution in [2.24, 2.45) is 0 Å². The van der Waals surface area contributed by atoms with Crippen molar-refractivity contribution in [1.29, 1.82) is 0 Å². The van der Waals surface area contributed by atoms with Crippen molar-refractivity contribution >= 4 is 17.2 Å². The second-order valence-corrected chi connectivity index (χ2v) is 8.53. The van der Waals surface area contributed by atoms with E-state index in [2.05, 4.69) is 81.1 Å². The summed E-state index contributed by atoms with van der Waals surface area (Å²) in [6, 6.07) is 19.2. The number of aryl methyl sites for hydroxylation is 3. The van der Waals surface area contributed by atoms with Gasteiger partial charge in [-0.2, -0.15) is 0 Å². The van der Waals surface area contributed by atoms with Gasteiger partial charge in [0.25, 0.3) is 0 Å². The Morgan fingerprint density at radius 2 is 1.60 bits per heavy atom. The van der Waals surface area contributed by atoms with Gasteiger partial charge < -0.3 is 5.32 Å². The van der Waals surface area contributed by atoms with E-state index in [-0.39, 0.29) is 0 Å². The fourth-order valence-electron chi connectivity index (χ4n) is 3.56. The zero-order chi connectivity index (χ0) is 20.9. The first-order chi connectivity index (χ1) is 14.6. The number of hydrogen-bond donors (Lipinski definition) is 1. The van der Waals surface area contributed by atoms with Crippen LogP contribution in [0.3, 0.4) is 0 Å². The average Bonchev–Trinajstić information content (AvgIpc) is 3.18. The number of nitrogens with one attached hydrogen (secondary N) is 1. The monoisotopic (exact) mass is 414 g/mol. The molecule has 152 valence electrons. The van der Waals surface area contributed by atoms with Crippen LogP contribution in [0.15, 0.2) is 60.0 Å². The smallest absolute Gasteiger partial charge is 0.133 e. The molecule has 0 bridgehead atoms. The molecule has 0 aliphatic carbocycles. The number of aromatic nitrogens is 3. The summed E-state index contributed by atoms with van der Waals surface area (Å²) >= 11 is 1.69.